The molecule has 2 aromatic heterocycles. The van der Waals surface area contributed by atoms with Crippen LogP contribution in [-0.4, -0.2) is 32.5 Å². The summed E-state index contributed by atoms with van der Waals surface area (Å²) in [6.07, 6.45) is -3.16. The van der Waals surface area contributed by atoms with Gasteiger partial charge in [-0.15, -0.1) is 11.6 Å². The zero-order valence-corrected chi connectivity index (χ0v) is 15.1. The van der Waals surface area contributed by atoms with Gasteiger partial charge in [0.1, 0.15) is 5.88 Å². The molecule has 146 valence electrons. The molecule has 3 aromatic rings. The number of carbonyl (C=O) groups excluding carboxylic acids is 2. The van der Waals surface area contributed by atoms with Crippen molar-refractivity contribution >= 4 is 46.0 Å². The second-order valence-electron chi connectivity index (χ2n) is 5.78. The first-order chi connectivity index (χ1) is 13.2. The Balaban J connectivity index is 1.97. The van der Waals surface area contributed by atoms with E-state index in [0.717, 1.165) is 12.1 Å². The van der Waals surface area contributed by atoms with Gasteiger partial charge in [0, 0.05) is 24.5 Å². The monoisotopic (exact) mass is 411 g/mol. The minimum Gasteiger partial charge on any atom is -0.325 e. The van der Waals surface area contributed by atoms with Crippen molar-refractivity contribution < 1.29 is 22.8 Å². The number of amides is 2. The Morgan fingerprint density at radius 1 is 1.21 bits per heavy atom. The number of nitrogens with one attached hydrogen (secondary N) is 2. The highest BCUT2D eigenvalue weighted by Gasteiger charge is 2.32. The molecule has 2 amide bonds. The lowest BCUT2D eigenvalue weighted by molar-refractivity contribution is -0.137. The number of fused-ring (bicyclic) bond motifs is 1. The Morgan fingerprint density at radius 2 is 1.96 bits per heavy atom. The maximum atomic E-state index is 13.2. The first kappa shape index (κ1) is 19.6. The number of pyridine rings is 1. The second kappa shape index (κ2) is 7.47. The molecule has 7 nitrogen and oxygen atoms in total. The molecule has 1 aromatic carbocycles. The van der Waals surface area contributed by atoms with Gasteiger partial charge >= 0.3 is 6.18 Å². The van der Waals surface area contributed by atoms with Crippen LogP contribution in [0.2, 0.25) is 0 Å². The lowest BCUT2D eigenvalue weighted by Gasteiger charge is -2.12. The van der Waals surface area contributed by atoms with Gasteiger partial charge in [0.15, 0.2) is 11.5 Å². The number of rotatable bonds is 4. The number of alkyl halides is 4. The van der Waals surface area contributed by atoms with E-state index in [-0.39, 0.29) is 17.1 Å². The maximum absolute atomic E-state index is 13.2. The third-order valence-electron chi connectivity index (χ3n) is 3.76. The van der Waals surface area contributed by atoms with Gasteiger partial charge in [0.05, 0.1) is 10.9 Å². The van der Waals surface area contributed by atoms with Crippen molar-refractivity contribution in [3.05, 3.63) is 47.7 Å². The van der Waals surface area contributed by atoms with E-state index in [1.54, 1.807) is 25.4 Å². The van der Waals surface area contributed by atoms with E-state index >= 15 is 0 Å². The molecule has 0 fully saturated rings. The average molecular weight is 412 g/mol. The predicted molar refractivity (Wildman–Crippen MR) is 97.3 cm³/mol. The molecule has 0 aliphatic rings. The van der Waals surface area contributed by atoms with Gasteiger partial charge in [-0.1, -0.05) is 0 Å². The third-order valence-corrected chi connectivity index (χ3v) is 4.00. The summed E-state index contributed by atoms with van der Waals surface area (Å²) in [5.41, 5.74) is -1.09. The van der Waals surface area contributed by atoms with Crippen molar-refractivity contribution in [1.29, 1.82) is 0 Å². The fourth-order valence-corrected chi connectivity index (χ4v) is 2.62. The van der Waals surface area contributed by atoms with Gasteiger partial charge < -0.3 is 10.6 Å². The van der Waals surface area contributed by atoms with Crippen molar-refractivity contribution in [2.24, 2.45) is 7.05 Å². The van der Waals surface area contributed by atoms with E-state index in [1.165, 1.54) is 4.68 Å². The number of nitrogens with zero attached hydrogens (tertiary/aromatic N) is 3. The van der Waals surface area contributed by atoms with Crippen LogP contribution in [0, 0.1) is 0 Å². The molecule has 11 heteroatoms. The van der Waals surface area contributed by atoms with Crippen LogP contribution in [0.1, 0.15) is 15.9 Å². The average Bonchev–Trinajstić information content (AvgIpc) is 2.96. The topological polar surface area (TPSA) is 88.9 Å². The smallest absolute Gasteiger partial charge is 0.325 e. The summed E-state index contributed by atoms with van der Waals surface area (Å²) in [7, 11) is 1.62. The molecule has 0 aliphatic heterocycles. The zero-order chi connectivity index (χ0) is 20.5. The molecule has 0 bridgehead atoms. The highest BCUT2D eigenvalue weighted by Crippen LogP contribution is 2.32. The largest absolute Gasteiger partial charge is 0.416 e. The van der Waals surface area contributed by atoms with Crippen LogP contribution in [0.5, 0.6) is 0 Å². The molecule has 0 spiro atoms. The molecular formula is C17H13ClF3N5O2. The van der Waals surface area contributed by atoms with E-state index in [9.17, 15) is 22.8 Å². The number of carbonyl (C=O) groups is 2. The molecule has 3 rings (SSSR count). The molecule has 2 heterocycles. The van der Waals surface area contributed by atoms with Crippen molar-refractivity contribution in [2.45, 2.75) is 6.18 Å². The summed E-state index contributed by atoms with van der Waals surface area (Å²) in [4.78, 5) is 28.1. The first-order valence-corrected chi connectivity index (χ1v) is 8.39. The molecule has 0 unspecified atom stereocenters. The normalized spacial score (nSPS) is 11.5. The lowest BCUT2D eigenvalue weighted by atomic mass is 10.1. The molecule has 0 saturated heterocycles. The molecule has 0 atom stereocenters. The van der Waals surface area contributed by atoms with Crippen LogP contribution in [0.25, 0.3) is 11.0 Å². The van der Waals surface area contributed by atoms with Crippen LogP contribution in [0.3, 0.4) is 0 Å². The quantitative estimate of drug-likeness (QED) is 0.644. The van der Waals surface area contributed by atoms with E-state index in [4.69, 9.17) is 11.6 Å². The minimum absolute atomic E-state index is 0.152. The van der Waals surface area contributed by atoms with Gasteiger partial charge in [-0.25, -0.2) is 9.67 Å². The summed E-state index contributed by atoms with van der Waals surface area (Å²) in [6.45, 7) is 0. The minimum atomic E-state index is -4.71. The Kier molecular flexibility index (Phi) is 5.23. The second-order valence-corrected chi connectivity index (χ2v) is 6.05. The van der Waals surface area contributed by atoms with Crippen molar-refractivity contribution in [3.63, 3.8) is 0 Å². The Hall–Kier alpha value is -3.14. The van der Waals surface area contributed by atoms with E-state index in [2.05, 4.69) is 20.7 Å². The lowest BCUT2D eigenvalue weighted by Crippen LogP contribution is -2.18. The predicted octanol–water partition coefficient (Wildman–Crippen LogP) is 3.42. The number of hydrogen-bond donors (Lipinski definition) is 2. The first-order valence-electron chi connectivity index (χ1n) is 7.86. The Bertz CT molecular complexity index is 1060. The number of aromatic nitrogens is 3. The highest BCUT2D eigenvalue weighted by molar-refractivity contribution is 6.29. The van der Waals surface area contributed by atoms with Gasteiger partial charge in [-0.2, -0.15) is 18.3 Å². The number of halogens is 4. The fourth-order valence-electron chi connectivity index (χ4n) is 2.55. The third kappa shape index (κ3) is 4.06. The van der Waals surface area contributed by atoms with E-state index in [1.807, 2.05) is 0 Å². The molecular weight excluding hydrogens is 399 g/mol. The van der Waals surface area contributed by atoms with E-state index in [0.29, 0.717) is 17.1 Å². The van der Waals surface area contributed by atoms with Gasteiger partial charge in [-0.05, 0) is 30.3 Å². The summed E-state index contributed by atoms with van der Waals surface area (Å²) < 4.78 is 41.0. The Labute approximate surface area is 161 Å². The summed E-state index contributed by atoms with van der Waals surface area (Å²) in [6, 6.07) is 5.85. The molecule has 28 heavy (non-hydrogen) atoms. The van der Waals surface area contributed by atoms with Crippen molar-refractivity contribution in [2.75, 3.05) is 16.5 Å². The Morgan fingerprint density at radius 3 is 2.64 bits per heavy atom. The SMILES string of the molecule is Cn1nc(NC(=O)c2cc(NC(=O)CCl)cc(C(F)(F)F)c2)c2cccnc21. The molecule has 2 N–H and O–H groups in total. The maximum Gasteiger partial charge on any atom is 0.416 e. The van der Waals surface area contributed by atoms with Crippen molar-refractivity contribution in [3.8, 4) is 0 Å². The summed E-state index contributed by atoms with van der Waals surface area (Å²) in [5.74, 6) is -1.81. The number of benzene rings is 1. The van der Waals surface area contributed by atoms with E-state index < -0.39 is 29.4 Å². The van der Waals surface area contributed by atoms with Gasteiger partial charge in [0.25, 0.3) is 5.91 Å². The summed E-state index contributed by atoms with van der Waals surface area (Å²) >= 11 is 5.37. The number of aryl methyl sites for hydroxylation is 1. The van der Waals surface area contributed by atoms with Gasteiger partial charge in [-0.3, -0.25) is 9.59 Å². The van der Waals surface area contributed by atoms with Crippen LogP contribution in [0.15, 0.2) is 36.5 Å². The summed E-state index contributed by atoms with van der Waals surface area (Å²) in [5, 5.41) is 9.35. The zero-order valence-electron chi connectivity index (χ0n) is 14.3. The van der Waals surface area contributed by atoms with Crippen LogP contribution >= 0.6 is 11.6 Å². The van der Waals surface area contributed by atoms with Crippen LogP contribution in [-0.2, 0) is 18.0 Å². The molecule has 0 radical (unpaired) electrons. The standard InChI is InChI=1S/C17H13ClF3N5O2/c1-26-15-12(3-2-4-22-15)14(25-26)24-16(28)9-5-10(17(19,20)21)7-11(6-9)23-13(27)8-18/h2-7H,8H2,1H3,(H,23,27)(H,24,25,28). The fraction of sp³-hybridized carbons (Fsp3) is 0.176. The van der Waals surface area contributed by atoms with Gasteiger partial charge in [0.2, 0.25) is 5.91 Å². The number of anilines is 2. The van der Waals surface area contributed by atoms with Crippen LogP contribution in [0.4, 0.5) is 24.7 Å². The van der Waals surface area contributed by atoms with Crippen molar-refractivity contribution in [1.82, 2.24) is 14.8 Å². The molecule has 0 saturated carbocycles. The molecule has 0 aliphatic carbocycles. The van der Waals surface area contributed by atoms with Crippen LogP contribution < -0.4 is 10.6 Å². The highest BCUT2D eigenvalue weighted by atomic mass is 35.5. The number of hydrogen-bond acceptors (Lipinski definition) is 4.